The highest BCUT2D eigenvalue weighted by atomic mass is 35.5. The van der Waals surface area contributed by atoms with Crippen molar-refractivity contribution in [3.8, 4) is 11.5 Å². The minimum Gasteiger partial charge on any atom is -0.456 e. The van der Waals surface area contributed by atoms with E-state index in [0.717, 1.165) is 19.4 Å². The first-order valence-electron chi connectivity index (χ1n) is 8.68. The van der Waals surface area contributed by atoms with Crippen molar-refractivity contribution in [2.45, 2.75) is 17.7 Å². The number of rotatable bonds is 6. The Balaban J connectivity index is 0.00000261. The minimum atomic E-state index is -3.49. The molecule has 0 aliphatic carbocycles. The van der Waals surface area contributed by atoms with E-state index in [4.69, 9.17) is 16.3 Å². The van der Waals surface area contributed by atoms with E-state index in [1.807, 2.05) is 19.2 Å². The van der Waals surface area contributed by atoms with E-state index in [0.29, 0.717) is 35.5 Å². The van der Waals surface area contributed by atoms with Crippen molar-refractivity contribution in [2.24, 2.45) is 5.92 Å². The second-order valence-corrected chi connectivity index (χ2v) is 8.78. The molecule has 1 fully saturated rings. The van der Waals surface area contributed by atoms with Gasteiger partial charge < -0.3 is 10.1 Å². The second-order valence-electron chi connectivity index (χ2n) is 6.43. The van der Waals surface area contributed by atoms with Crippen LogP contribution in [0.5, 0.6) is 11.5 Å². The maximum atomic E-state index is 12.9. The van der Waals surface area contributed by atoms with Gasteiger partial charge in [-0.2, -0.15) is 4.31 Å². The van der Waals surface area contributed by atoms with Crippen LogP contribution in [0.1, 0.15) is 12.8 Å². The third-order valence-corrected chi connectivity index (χ3v) is 6.69. The molecule has 3 rings (SSSR count). The van der Waals surface area contributed by atoms with Crippen molar-refractivity contribution in [3.63, 3.8) is 0 Å². The molecule has 1 saturated heterocycles. The summed E-state index contributed by atoms with van der Waals surface area (Å²) in [5.41, 5.74) is 0. The molecule has 1 aliphatic heterocycles. The molecule has 0 spiro atoms. The van der Waals surface area contributed by atoms with Crippen LogP contribution in [-0.4, -0.2) is 39.4 Å². The predicted octanol–water partition coefficient (Wildman–Crippen LogP) is 4.17. The van der Waals surface area contributed by atoms with Crippen molar-refractivity contribution in [1.29, 1.82) is 0 Å². The lowest BCUT2D eigenvalue weighted by Crippen LogP contribution is -2.42. The molecule has 0 radical (unpaired) electrons. The van der Waals surface area contributed by atoms with Crippen LogP contribution in [0, 0.1) is 5.92 Å². The molecular formula is C19H24Cl2N2O3S. The van der Waals surface area contributed by atoms with Gasteiger partial charge in [0, 0.05) is 13.1 Å². The van der Waals surface area contributed by atoms with Gasteiger partial charge in [0.1, 0.15) is 11.5 Å². The van der Waals surface area contributed by atoms with E-state index in [1.54, 1.807) is 40.7 Å². The number of hydrogen-bond acceptors (Lipinski definition) is 4. The van der Waals surface area contributed by atoms with Crippen molar-refractivity contribution in [1.82, 2.24) is 9.62 Å². The number of hydrogen-bond donors (Lipinski definition) is 1. The lowest BCUT2D eigenvalue weighted by molar-refractivity contribution is 0.263. The molecular weight excluding hydrogens is 407 g/mol. The molecule has 0 saturated carbocycles. The fraction of sp³-hybridized carbons (Fsp3) is 0.368. The normalized spacial score (nSPS) is 17.9. The molecule has 1 heterocycles. The summed E-state index contributed by atoms with van der Waals surface area (Å²) in [5, 5.41) is 3.64. The van der Waals surface area contributed by atoms with Crippen molar-refractivity contribution < 1.29 is 13.2 Å². The van der Waals surface area contributed by atoms with E-state index in [-0.39, 0.29) is 17.3 Å². The zero-order valence-corrected chi connectivity index (χ0v) is 17.5. The molecule has 27 heavy (non-hydrogen) atoms. The Hall–Kier alpha value is -1.31. The highest BCUT2D eigenvalue weighted by Crippen LogP contribution is 2.30. The molecule has 0 bridgehead atoms. The fourth-order valence-electron chi connectivity index (χ4n) is 3.18. The summed E-state index contributed by atoms with van der Waals surface area (Å²) >= 11 is 6.09. The number of nitrogens with zero attached hydrogens (tertiary/aromatic N) is 1. The number of piperidine rings is 1. The third-order valence-electron chi connectivity index (χ3n) is 4.50. The number of para-hydroxylation sites is 1. The first kappa shape index (κ1) is 22.0. The van der Waals surface area contributed by atoms with Crippen LogP contribution in [0.2, 0.25) is 5.02 Å². The van der Waals surface area contributed by atoms with E-state index in [2.05, 4.69) is 5.32 Å². The summed E-state index contributed by atoms with van der Waals surface area (Å²) in [6, 6.07) is 13.7. The van der Waals surface area contributed by atoms with Crippen LogP contribution in [0.4, 0.5) is 0 Å². The Morgan fingerprint density at radius 1 is 1.19 bits per heavy atom. The largest absolute Gasteiger partial charge is 0.456 e. The van der Waals surface area contributed by atoms with E-state index < -0.39 is 10.0 Å². The van der Waals surface area contributed by atoms with Gasteiger partial charge in [-0.25, -0.2) is 8.42 Å². The molecule has 148 valence electrons. The third kappa shape index (κ3) is 5.36. The number of halogens is 2. The highest BCUT2D eigenvalue weighted by molar-refractivity contribution is 7.89. The van der Waals surface area contributed by atoms with Crippen LogP contribution < -0.4 is 10.1 Å². The highest BCUT2D eigenvalue weighted by Gasteiger charge is 2.29. The topological polar surface area (TPSA) is 58.6 Å². The summed E-state index contributed by atoms with van der Waals surface area (Å²) in [6.07, 6.45) is 1.94. The Kier molecular flexibility index (Phi) is 7.94. The zero-order valence-electron chi connectivity index (χ0n) is 15.1. The van der Waals surface area contributed by atoms with Gasteiger partial charge in [-0.3, -0.25) is 0 Å². The number of sulfonamides is 1. The Labute approximate surface area is 172 Å². The average Bonchev–Trinajstić information content (AvgIpc) is 2.65. The van der Waals surface area contributed by atoms with Gasteiger partial charge in [0.25, 0.3) is 0 Å². The molecule has 2 aromatic rings. The summed E-state index contributed by atoms with van der Waals surface area (Å²) in [7, 11) is -1.59. The quantitative estimate of drug-likeness (QED) is 0.746. The zero-order chi connectivity index (χ0) is 18.6. The van der Waals surface area contributed by atoms with Crippen molar-refractivity contribution in [3.05, 3.63) is 53.6 Å². The summed E-state index contributed by atoms with van der Waals surface area (Å²) < 4.78 is 33.1. The van der Waals surface area contributed by atoms with Gasteiger partial charge in [0.2, 0.25) is 10.0 Å². The van der Waals surface area contributed by atoms with Gasteiger partial charge in [0.05, 0.1) is 9.92 Å². The first-order chi connectivity index (χ1) is 12.5. The maximum absolute atomic E-state index is 12.9. The second kappa shape index (κ2) is 9.75. The first-order valence-corrected chi connectivity index (χ1v) is 10.5. The maximum Gasteiger partial charge on any atom is 0.243 e. The van der Waals surface area contributed by atoms with E-state index >= 15 is 0 Å². The molecule has 0 amide bonds. The fourth-order valence-corrected chi connectivity index (χ4v) is 4.91. The van der Waals surface area contributed by atoms with Gasteiger partial charge in [-0.15, -0.1) is 12.4 Å². The number of ether oxygens (including phenoxy) is 1. The van der Waals surface area contributed by atoms with Crippen LogP contribution in [0.15, 0.2) is 53.4 Å². The SMILES string of the molecule is CNCC1CCCN(S(=O)(=O)c2ccc(Oc3ccccc3Cl)cc2)C1.Cl. The lowest BCUT2D eigenvalue weighted by Gasteiger charge is -2.31. The van der Waals surface area contributed by atoms with Crippen molar-refractivity contribution in [2.75, 3.05) is 26.7 Å². The molecule has 8 heteroatoms. The Morgan fingerprint density at radius 3 is 2.56 bits per heavy atom. The van der Waals surface area contributed by atoms with Crippen LogP contribution in [0.25, 0.3) is 0 Å². The van der Waals surface area contributed by atoms with Gasteiger partial charge in [-0.1, -0.05) is 23.7 Å². The average molecular weight is 431 g/mol. The standard InChI is InChI=1S/C19H23ClN2O3S.ClH/c1-21-13-15-5-4-12-22(14-15)26(23,24)17-10-8-16(9-11-17)25-19-7-3-2-6-18(19)20;/h2-3,6-11,15,21H,4-5,12-14H2,1H3;1H. The summed E-state index contributed by atoms with van der Waals surface area (Å²) in [5.74, 6) is 1.44. The summed E-state index contributed by atoms with van der Waals surface area (Å²) in [6.45, 7) is 1.96. The smallest absolute Gasteiger partial charge is 0.243 e. The molecule has 2 aromatic carbocycles. The molecule has 1 N–H and O–H groups in total. The van der Waals surface area contributed by atoms with Crippen molar-refractivity contribution >= 4 is 34.0 Å². The van der Waals surface area contributed by atoms with Crippen LogP contribution >= 0.6 is 24.0 Å². The lowest BCUT2D eigenvalue weighted by atomic mass is 10.00. The van der Waals surface area contributed by atoms with Gasteiger partial charge in [-0.05, 0) is 68.8 Å². The molecule has 1 atom stereocenters. The van der Waals surface area contributed by atoms with E-state index in [9.17, 15) is 8.42 Å². The molecule has 1 unspecified atom stereocenters. The van der Waals surface area contributed by atoms with E-state index in [1.165, 1.54) is 0 Å². The molecule has 5 nitrogen and oxygen atoms in total. The molecule has 0 aromatic heterocycles. The monoisotopic (exact) mass is 430 g/mol. The Morgan fingerprint density at radius 2 is 1.89 bits per heavy atom. The Bertz CT molecular complexity index is 842. The number of nitrogens with one attached hydrogen (secondary N) is 1. The van der Waals surface area contributed by atoms with Crippen LogP contribution in [-0.2, 0) is 10.0 Å². The van der Waals surface area contributed by atoms with Crippen LogP contribution in [0.3, 0.4) is 0 Å². The summed E-state index contributed by atoms with van der Waals surface area (Å²) in [4.78, 5) is 0.286. The predicted molar refractivity (Wildman–Crippen MR) is 111 cm³/mol. The van der Waals surface area contributed by atoms with Gasteiger partial charge in [0.15, 0.2) is 0 Å². The number of benzene rings is 2. The minimum absolute atomic E-state index is 0. The van der Waals surface area contributed by atoms with Gasteiger partial charge >= 0.3 is 0 Å². The molecule has 1 aliphatic rings.